The van der Waals surface area contributed by atoms with Gasteiger partial charge in [-0.15, -0.1) is 0 Å². The van der Waals surface area contributed by atoms with Gasteiger partial charge in [-0.2, -0.15) is 0 Å². The molecule has 0 aliphatic rings. The first-order valence-corrected chi connectivity index (χ1v) is 3.08. The van der Waals surface area contributed by atoms with Gasteiger partial charge < -0.3 is 4.74 Å². The van der Waals surface area contributed by atoms with Gasteiger partial charge in [0.25, 0.3) is 0 Å². The lowest BCUT2D eigenvalue weighted by atomic mass is 10.2. The Morgan fingerprint density at radius 2 is 2.36 bits per heavy atom. The lowest BCUT2D eigenvalue weighted by Crippen LogP contribution is -1.88. The van der Waals surface area contributed by atoms with Crippen molar-refractivity contribution in [3.8, 4) is 0 Å². The molecule has 0 saturated heterocycles. The Morgan fingerprint density at radius 3 is 2.91 bits per heavy atom. The fraction of sp³-hybridized carbons (Fsp3) is 0.125. The average Bonchev–Trinajstić information content (AvgIpc) is 2.03. The van der Waals surface area contributed by atoms with E-state index < -0.39 is 0 Å². The molecule has 3 heteroatoms. The monoisotopic (exact) mass is 153 g/mol. The first-order valence-electron chi connectivity index (χ1n) is 3.08. The summed E-state index contributed by atoms with van der Waals surface area (Å²) in [5, 5.41) is 0. The summed E-state index contributed by atoms with van der Waals surface area (Å²) in [4.78, 5) is 3.64. The molecule has 0 fully saturated rings. The normalized spacial score (nSPS) is 9.27. The zero-order chi connectivity index (χ0) is 8.27. The second-order valence-corrected chi connectivity index (χ2v) is 2.02. The Kier molecular flexibility index (Phi) is 2.21. The van der Waals surface area contributed by atoms with Crippen LogP contribution in [-0.2, 0) is 4.74 Å². The maximum atomic E-state index is 12.5. The summed E-state index contributed by atoms with van der Waals surface area (Å²) in [6.45, 7) is 3.56. The maximum Gasteiger partial charge on any atom is 0.142 e. The summed E-state index contributed by atoms with van der Waals surface area (Å²) < 4.78 is 17.3. The minimum Gasteiger partial charge on any atom is -0.497 e. The minimum absolute atomic E-state index is 0.388. The number of pyridine rings is 1. The molecule has 0 atom stereocenters. The van der Waals surface area contributed by atoms with E-state index in [2.05, 4.69) is 11.6 Å². The van der Waals surface area contributed by atoms with Gasteiger partial charge in [0.2, 0.25) is 0 Å². The highest BCUT2D eigenvalue weighted by molar-refractivity contribution is 5.55. The van der Waals surface area contributed by atoms with Gasteiger partial charge in [0.1, 0.15) is 11.6 Å². The molecule has 0 amide bonds. The highest BCUT2D eigenvalue weighted by Crippen LogP contribution is 2.11. The van der Waals surface area contributed by atoms with Crippen molar-refractivity contribution in [2.45, 2.75) is 0 Å². The van der Waals surface area contributed by atoms with Crippen LogP contribution >= 0.6 is 0 Å². The van der Waals surface area contributed by atoms with Crippen LogP contribution in [0.4, 0.5) is 4.39 Å². The van der Waals surface area contributed by atoms with Crippen LogP contribution in [0.3, 0.4) is 0 Å². The van der Waals surface area contributed by atoms with Crippen LogP contribution in [0.1, 0.15) is 5.56 Å². The molecule has 0 spiro atoms. The van der Waals surface area contributed by atoms with Gasteiger partial charge in [0, 0.05) is 11.8 Å². The highest BCUT2D eigenvalue weighted by Gasteiger charge is 1.98. The molecule has 2 nitrogen and oxygen atoms in total. The number of rotatable bonds is 2. The molecule has 0 radical (unpaired) electrons. The van der Waals surface area contributed by atoms with Crippen molar-refractivity contribution in [1.82, 2.24) is 4.98 Å². The highest BCUT2D eigenvalue weighted by atomic mass is 19.1. The van der Waals surface area contributed by atoms with E-state index in [9.17, 15) is 4.39 Å². The predicted octanol–water partition coefficient (Wildman–Crippen LogP) is 1.84. The van der Waals surface area contributed by atoms with Gasteiger partial charge in [0.15, 0.2) is 0 Å². The topological polar surface area (TPSA) is 22.1 Å². The number of ether oxygens (including phenoxy) is 1. The van der Waals surface area contributed by atoms with Crippen LogP contribution < -0.4 is 0 Å². The average molecular weight is 153 g/mol. The zero-order valence-corrected chi connectivity index (χ0v) is 6.17. The van der Waals surface area contributed by atoms with E-state index in [1.54, 1.807) is 0 Å². The molecule has 0 aliphatic carbocycles. The third-order valence-electron chi connectivity index (χ3n) is 1.27. The molecule has 1 aromatic heterocycles. The van der Waals surface area contributed by atoms with Crippen LogP contribution in [0.5, 0.6) is 0 Å². The van der Waals surface area contributed by atoms with E-state index >= 15 is 0 Å². The standard InChI is InChI=1S/C8H8FNO/c1-6(11-2)7-3-8(9)5-10-4-7/h3-5H,1H2,2H3. The quantitative estimate of drug-likeness (QED) is 0.605. The molecule has 0 N–H and O–H groups in total. The van der Waals surface area contributed by atoms with Crippen molar-refractivity contribution in [2.24, 2.45) is 0 Å². The SMILES string of the molecule is C=C(OC)c1cncc(F)c1. The molecular weight excluding hydrogens is 145 g/mol. The number of aromatic nitrogens is 1. The van der Waals surface area contributed by atoms with Crippen molar-refractivity contribution in [3.05, 3.63) is 36.4 Å². The molecule has 58 valence electrons. The Hall–Kier alpha value is -1.38. The Balaban J connectivity index is 2.96. The van der Waals surface area contributed by atoms with E-state index in [0.29, 0.717) is 11.3 Å². The number of methoxy groups -OCH3 is 1. The largest absolute Gasteiger partial charge is 0.497 e. The van der Waals surface area contributed by atoms with Crippen molar-refractivity contribution in [1.29, 1.82) is 0 Å². The van der Waals surface area contributed by atoms with E-state index in [4.69, 9.17) is 4.74 Å². The first kappa shape index (κ1) is 7.72. The molecule has 0 saturated carbocycles. The van der Waals surface area contributed by atoms with Gasteiger partial charge in [-0.3, -0.25) is 4.98 Å². The first-order chi connectivity index (χ1) is 5.24. The van der Waals surface area contributed by atoms with Crippen LogP contribution in [0.2, 0.25) is 0 Å². The lowest BCUT2D eigenvalue weighted by molar-refractivity contribution is 0.371. The summed E-state index contributed by atoms with van der Waals surface area (Å²) >= 11 is 0. The van der Waals surface area contributed by atoms with E-state index in [1.165, 1.54) is 19.4 Å². The van der Waals surface area contributed by atoms with Gasteiger partial charge in [0.05, 0.1) is 13.3 Å². The van der Waals surface area contributed by atoms with Crippen LogP contribution in [0.15, 0.2) is 25.0 Å². The lowest BCUT2D eigenvalue weighted by Gasteiger charge is -2.01. The van der Waals surface area contributed by atoms with Crippen LogP contribution in [-0.4, -0.2) is 12.1 Å². The van der Waals surface area contributed by atoms with Gasteiger partial charge in [-0.1, -0.05) is 6.58 Å². The predicted molar refractivity (Wildman–Crippen MR) is 40.2 cm³/mol. The van der Waals surface area contributed by atoms with Crippen molar-refractivity contribution < 1.29 is 9.13 Å². The third kappa shape index (κ3) is 1.77. The van der Waals surface area contributed by atoms with Crippen molar-refractivity contribution in [2.75, 3.05) is 7.11 Å². The van der Waals surface area contributed by atoms with Gasteiger partial charge in [-0.05, 0) is 6.07 Å². The molecule has 1 rings (SSSR count). The molecule has 0 aromatic carbocycles. The van der Waals surface area contributed by atoms with Gasteiger partial charge >= 0.3 is 0 Å². The molecule has 0 aliphatic heterocycles. The van der Waals surface area contributed by atoms with Crippen molar-refractivity contribution in [3.63, 3.8) is 0 Å². The fourth-order valence-electron chi connectivity index (χ4n) is 0.682. The number of hydrogen-bond donors (Lipinski definition) is 0. The van der Waals surface area contributed by atoms with E-state index in [0.717, 1.165) is 6.20 Å². The van der Waals surface area contributed by atoms with Crippen LogP contribution in [0.25, 0.3) is 5.76 Å². The summed E-state index contributed by atoms with van der Waals surface area (Å²) in [6.07, 6.45) is 2.63. The summed E-state index contributed by atoms with van der Waals surface area (Å²) in [5.74, 6) is 0.0256. The maximum absolute atomic E-state index is 12.5. The second kappa shape index (κ2) is 3.14. The number of halogens is 1. The van der Waals surface area contributed by atoms with Gasteiger partial charge in [-0.25, -0.2) is 4.39 Å². The second-order valence-electron chi connectivity index (χ2n) is 2.02. The molecule has 1 aromatic rings. The number of hydrogen-bond acceptors (Lipinski definition) is 2. The molecular formula is C8H8FNO. The Morgan fingerprint density at radius 1 is 1.64 bits per heavy atom. The minimum atomic E-state index is -0.388. The number of nitrogens with zero attached hydrogens (tertiary/aromatic N) is 1. The van der Waals surface area contributed by atoms with Crippen molar-refractivity contribution >= 4 is 5.76 Å². The molecule has 0 bridgehead atoms. The van der Waals surface area contributed by atoms with E-state index in [-0.39, 0.29) is 5.82 Å². The molecule has 11 heavy (non-hydrogen) atoms. The third-order valence-corrected chi connectivity index (χ3v) is 1.27. The Labute approximate surface area is 64.3 Å². The van der Waals surface area contributed by atoms with Crippen LogP contribution in [0, 0.1) is 5.82 Å². The van der Waals surface area contributed by atoms with E-state index in [1.807, 2.05) is 0 Å². The summed E-state index contributed by atoms with van der Waals surface area (Å²) in [6, 6.07) is 1.32. The summed E-state index contributed by atoms with van der Waals surface area (Å²) in [5.41, 5.74) is 0.563. The molecule has 1 heterocycles. The fourth-order valence-corrected chi connectivity index (χ4v) is 0.682. The summed E-state index contributed by atoms with van der Waals surface area (Å²) in [7, 11) is 1.48. The zero-order valence-electron chi connectivity index (χ0n) is 6.17. The Bertz CT molecular complexity index is 273. The smallest absolute Gasteiger partial charge is 0.142 e. The molecule has 0 unspecified atom stereocenters.